The van der Waals surface area contributed by atoms with Gasteiger partial charge in [0.25, 0.3) is 0 Å². The normalized spacial score (nSPS) is 10.3. The molecule has 18 heavy (non-hydrogen) atoms. The summed E-state index contributed by atoms with van der Waals surface area (Å²) in [4.78, 5) is 15.9. The topological polar surface area (TPSA) is 30.0 Å². The Morgan fingerprint density at radius 2 is 1.94 bits per heavy atom. The average Bonchev–Trinajstić information content (AvgIpc) is 2.40. The van der Waals surface area contributed by atoms with E-state index < -0.39 is 0 Å². The van der Waals surface area contributed by atoms with Crippen LogP contribution >= 0.6 is 0 Å². The van der Waals surface area contributed by atoms with Crippen molar-refractivity contribution in [3.8, 4) is 0 Å². The molecule has 0 aliphatic carbocycles. The van der Waals surface area contributed by atoms with Crippen LogP contribution in [0.1, 0.15) is 27.9 Å². The molecule has 3 heteroatoms. The van der Waals surface area contributed by atoms with Crippen molar-refractivity contribution in [1.82, 2.24) is 4.98 Å². The molecule has 0 aliphatic rings. The average molecular weight is 243 g/mol. The molecule has 1 heterocycles. The van der Waals surface area contributed by atoms with Crippen LogP contribution in [-0.4, -0.2) is 10.8 Å². The molecule has 0 fully saturated rings. The van der Waals surface area contributed by atoms with Crippen LogP contribution in [0.3, 0.4) is 0 Å². The van der Waals surface area contributed by atoms with Crippen LogP contribution in [0.15, 0.2) is 42.7 Å². The maximum absolute atomic E-state index is 13.1. The van der Waals surface area contributed by atoms with Crippen LogP contribution < -0.4 is 0 Å². The van der Waals surface area contributed by atoms with Crippen LogP contribution in [0.2, 0.25) is 0 Å². The summed E-state index contributed by atoms with van der Waals surface area (Å²) in [5, 5.41) is 0. The highest BCUT2D eigenvalue weighted by Crippen LogP contribution is 2.14. The molecule has 1 aromatic heterocycles. The fraction of sp³-hybridized carbons (Fsp3) is 0.200. The van der Waals surface area contributed by atoms with E-state index in [-0.39, 0.29) is 11.6 Å². The summed E-state index contributed by atoms with van der Waals surface area (Å²) in [5.74, 6) is -0.392. The molecule has 2 aromatic rings. The Labute approximate surface area is 105 Å². The van der Waals surface area contributed by atoms with Crippen molar-refractivity contribution in [2.24, 2.45) is 0 Å². The van der Waals surface area contributed by atoms with E-state index in [1.54, 1.807) is 18.5 Å². The lowest BCUT2D eigenvalue weighted by atomic mass is 9.99. The minimum atomic E-state index is -0.368. The predicted octanol–water partition coefficient (Wildman–Crippen LogP) is 3.34. The molecule has 0 saturated carbocycles. The molecule has 0 N–H and O–H groups in total. The Kier molecular flexibility index (Phi) is 3.82. The fourth-order valence-electron chi connectivity index (χ4n) is 1.84. The molecular weight excluding hydrogens is 229 g/mol. The van der Waals surface area contributed by atoms with Gasteiger partial charge in [-0.3, -0.25) is 9.78 Å². The highest BCUT2D eigenvalue weighted by atomic mass is 19.1. The molecule has 0 spiro atoms. The van der Waals surface area contributed by atoms with E-state index in [0.717, 1.165) is 11.1 Å². The van der Waals surface area contributed by atoms with Gasteiger partial charge in [0.15, 0.2) is 5.78 Å². The number of benzene rings is 1. The molecular formula is C15H14FNO. The summed E-state index contributed by atoms with van der Waals surface area (Å²) in [7, 11) is 0. The van der Waals surface area contributed by atoms with E-state index in [1.165, 1.54) is 12.1 Å². The number of rotatable bonds is 4. The Bertz CT molecular complexity index is 552. The quantitative estimate of drug-likeness (QED) is 0.771. The highest BCUT2D eigenvalue weighted by molar-refractivity contribution is 5.97. The van der Waals surface area contributed by atoms with Gasteiger partial charge < -0.3 is 0 Å². The number of hydrogen-bond donors (Lipinski definition) is 0. The smallest absolute Gasteiger partial charge is 0.163 e. The number of nitrogens with zero attached hydrogens (tertiary/aromatic N) is 1. The van der Waals surface area contributed by atoms with Crippen LogP contribution in [0.25, 0.3) is 0 Å². The van der Waals surface area contributed by atoms with Gasteiger partial charge in [-0.25, -0.2) is 4.39 Å². The van der Waals surface area contributed by atoms with Gasteiger partial charge in [-0.1, -0.05) is 6.07 Å². The van der Waals surface area contributed by atoms with Crippen molar-refractivity contribution in [3.63, 3.8) is 0 Å². The van der Waals surface area contributed by atoms with Gasteiger partial charge in [-0.15, -0.1) is 0 Å². The number of carbonyl (C=O) groups is 1. The molecule has 0 amide bonds. The van der Waals surface area contributed by atoms with E-state index >= 15 is 0 Å². The molecule has 2 rings (SSSR count). The minimum Gasteiger partial charge on any atom is -0.294 e. The minimum absolute atomic E-state index is 0.0242. The number of aromatic nitrogens is 1. The number of hydrogen-bond acceptors (Lipinski definition) is 2. The van der Waals surface area contributed by atoms with E-state index in [0.29, 0.717) is 18.4 Å². The zero-order valence-corrected chi connectivity index (χ0v) is 10.2. The van der Waals surface area contributed by atoms with Crippen molar-refractivity contribution in [2.75, 3.05) is 0 Å². The van der Waals surface area contributed by atoms with Crippen LogP contribution in [0.4, 0.5) is 4.39 Å². The second-order valence-corrected chi connectivity index (χ2v) is 4.24. The SMILES string of the molecule is Cc1ccc(F)cc1C(=O)CCc1ccncc1. The van der Waals surface area contributed by atoms with Crippen molar-refractivity contribution in [1.29, 1.82) is 0 Å². The van der Waals surface area contributed by atoms with Gasteiger partial charge in [-0.05, 0) is 48.7 Å². The summed E-state index contributed by atoms with van der Waals surface area (Å²) in [6.45, 7) is 1.82. The molecule has 2 nitrogen and oxygen atoms in total. The fourth-order valence-corrected chi connectivity index (χ4v) is 1.84. The number of Topliss-reactive ketones (excluding diaryl/α,β-unsaturated/α-hetero) is 1. The van der Waals surface area contributed by atoms with Crippen LogP contribution in [-0.2, 0) is 6.42 Å². The zero-order valence-electron chi connectivity index (χ0n) is 10.2. The molecule has 1 aromatic carbocycles. The summed E-state index contributed by atoms with van der Waals surface area (Å²) < 4.78 is 13.1. The first kappa shape index (κ1) is 12.4. The van der Waals surface area contributed by atoms with E-state index in [4.69, 9.17) is 0 Å². The number of pyridine rings is 1. The Balaban J connectivity index is 2.06. The molecule has 0 unspecified atom stereocenters. The van der Waals surface area contributed by atoms with Gasteiger partial charge in [0.2, 0.25) is 0 Å². The van der Waals surface area contributed by atoms with E-state index in [1.807, 2.05) is 19.1 Å². The maximum Gasteiger partial charge on any atom is 0.163 e. The third-order valence-electron chi connectivity index (χ3n) is 2.89. The highest BCUT2D eigenvalue weighted by Gasteiger charge is 2.10. The van der Waals surface area contributed by atoms with Crippen molar-refractivity contribution >= 4 is 5.78 Å². The predicted molar refractivity (Wildman–Crippen MR) is 68.0 cm³/mol. The lowest BCUT2D eigenvalue weighted by Gasteiger charge is -2.05. The second kappa shape index (κ2) is 5.54. The molecule has 0 bridgehead atoms. The third-order valence-corrected chi connectivity index (χ3v) is 2.89. The van der Waals surface area contributed by atoms with Gasteiger partial charge in [0.05, 0.1) is 0 Å². The van der Waals surface area contributed by atoms with Gasteiger partial charge >= 0.3 is 0 Å². The number of halogens is 1. The van der Waals surface area contributed by atoms with E-state index in [9.17, 15) is 9.18 Å². The number of aryl methyl sites for hydroxylation is 2. The summed E-state index contributed by atoms with van der Waals surface area (Å²) in [5.41, 5.74) is 2.35. The summed E-state index contributed by atoms with van der Waals surface area (Å²) >= 11 is 0. The van der Waals surface area contributed by atoms with Gasteiger partial charge in [0.1, 0.15) is 5.82 Å². The van der Waals surface area contributed by atoms with Gasteiger partial charge in [0, 0.05) is 24.4 Å². The van der Waals surface area contributed by atoms with Crippen molar-refractivity contribution in [3.05, 3.63) is 65.2 Å². The first-order valence-corrected chi connectivity index (χ1v) is 5.85. The van der Waals surface area contributed by atoms with Gasteiger partial charge in [-0.2, -0.15) is 0 Å². The first-order valence-electron chi connectivity index (χ1n) is 5.85. The summed E-state index contributed by atoms with van der Waals surface area (Å²) in [6.07, 6.45) is 4.44. The third kappa shape index (κ3) is 3.00. The second-order valence-electron chi connectivity index (χ2n) is 4.24. The Morgan fingerprint density at radius 3 is 2.67 bits per heavy atom. The van der Waals surface area contributed by atoms with Crippen molar-refractivity contribution < 1.29 is 9.18 Å². The maximum atomic E-state index is 13.1. The summed E-state index contributed by atoms with van der Waals surface area (Å²) in [6, 6.07) is 8.08. The van der Waals surface area contributed by atoms with Crippen LogP contribution in [0.5, 0.6) is 0 Å². The first-order chi connectivity index (χ1) is 8.66. The largest absolute Gasteiger partial charge is 0.294 e. The molecule has 0 atom stereocenters. The molecule has 0 saturated heterocycles. The monoisotopic (exact) mass is 243 g/mol. The lowest BCUT2D eigenvalue weighted by Crippen LogP contribution is -2.04. The Morgan fingerprint density at radius 1 is 1.22 bits per heavy atom. The van der Waals surface area contributed by atoms with E-state index in [2.05, 4.69) is 4.98 Å². The molecule has 0 aliphatic heterocycles. The van der Waals surface area contributed by atoms with Crippen LogP contribution in [0, 0.1) is 12.7 Å². The molecule has 92 valence electrons. The Hall–Kier alpha value is -2.03. The standard InChI is InChI=1S/C15H14FNO/c1-11-2-4-13(16)10-14(11)15(18)5-3-12-6-8-17-9-7-12/h2,4,6-10H,3,5H2,1H3. The van der Waals surface area contributed by atoms with Crippen molar-refractivity contribution in [2.45, 2.75) is 19.8 Å². The number of carbonyl (C=O) groups excluding carboxylic acids is 1. The lowest BCUT2D eigenvalue weighted by molar-refractivity contribution is 0.0982. The number of ketones is 1. The molecule has 0 radical (unpaired) electrons. The zero-order chi connectivity index (χ0) is 13.0.